The van der Waals surface area contributed by atoms with Gasteiger partial charge in [-0.2, -0.15) is 0 Å². The molecular weight excluding hydrogens is 152 g/mol. The van der Waals surface area contributed by atoms with Crippen molar-refractivity contribution in [2.24, 2.45) is 10.9 Å². The van der Waals surface area contributed by atoms with E-state index in [4.69, 9.17) is 10.9 Å². The summed E-state index contributed by atoms with van der Waals surface area (Å²) in [5.41, 5.74) is 5.18. The average Bonchev–Trinajstić information content (AvgIpc) is 1.80. The second-order valence-corrected chi connectivity index (χ2v) is 3.78. The Morgan fingerprint density at radius 3 is 2.40 bits per heavy atom. The first-order chi connectivity index (χ1) is 4.48. The predicted molar refractivity (Wildman–Crippen MR) is 40.5 cm³/mol. The molecule has 0 aliphatic rings. The van der Waals surface area contributed by atoms with Crippen LogP contribution in [0.5, 0.6) is 0 Å². The first-order valence-electron chi connectivity index (χ1n) is 2.86. The minimum atomic E-state index is -3.55. The van der Waals surface area contributed by atoms with E-state index >= 15 is 0 Å². The second-order valence-electron chi connectivity index (χ2n) is 1.99. The Kier molecular flexibility index (Phi) is 3.55. The SMILES string of the molecule is C=CCCC(N)S(N)(=O)=O. The quantitative estimate of drug-likeness (QED) is 0.550. The molecule has 0 aromatic heterocycles. The molecule has 1 atom stereocenters. The molecule has 0 fully saturated rings. The van der Waals surface area contributed by atoms with Crippen molar-refractivity contribution in [2.45, 2.75) is 18.2 Å². The van der Waals surface area contributed by atoms with Gasteiger partial charge < -0.3 is 5.73 Å². The number of rotatable bonds is 4. The molecule has 4 nitrogen and oxygen atoms in total. The summed E-state index contributed by atoms with van der Waals surface area (Å²) < 4.78 is 20.9. The number of allylic oxidation sites excluding steroid dienone is 1. The molecule has 0 aliphatic heterocycles. The molecule has 0 amide bonds. The molecule has 0 saturated carbocycles. The molecule has 0 bridgehead atoms. The molecule has 0 aromatic carbocycles. The second kappa shape index (κ2) is 3.70. The van der Waals surface area contributed by atoms with Crippen LogP contribution in [0, 0.1) is 0 Å². The number of primary sulfonamides is 1. The van der Waals surface area contributed by atoms with E-state index in [0.717, 1.165) is 0 Å². The van der Waals surface area contributed by atoms with Crippen molar-refractivity contribution < 1.29 is 8.42 Å². The van der Waals surface area contributed by atoms with Crippen LogP contribution in [0.4, 0.5) is 0 Å². The van der Waals surface area contributed by atoms with E-state index in [2.05, 4.69) is 6.58 Å². The van der Waals surface area contributed by atoms with E-state index in [-0.39, 0.29) is 0 Å². The van der Waals surface area contributed by atoms with Gasteiger partial charge in [-0.1, -0.05) is 6.08 Å². The van der Waals surface area contributed by atoms with Crippen LogP contribution in [0.3, 0.4) is 0 Å². The molecule has 0 heterocycles. The third kappa shape index (κ3) is 3.60. The number of nitrogens with two attached hydrogens (primary N) is 2. The van der Waals surface area contributed by atoms with Gasteiger partial charge in [-0.3, -0.25) is 0 Å². The van der Waals surface area contributed by atoms with E-state index < -0.39 is 15.4 Å². The molecule has 0 rings (SSSR count). The lowest BCUT2D eigenvalue weighted by Crippen LogP contribution is -2.35. The average molecular weight is 164 g/mol. The molecule has 0 aromatic rings. The van der Waals surface area contributed by atoms with Gasteiger partial charge in [0.25, 0.3) is 0 Å². The molecule has 10 heavy (non-hydrogen) atoms. The van der Waals surface area contributed by atoms with Gasteiger partial charge in [0.2, 0.25) is 10.0 Å². The summed E-state index contributed by atoms with van der Waals surface area (Å²) in [4.78, 5) is 0. The van der Waals surface area contributed by atoms with Gasteiger partial charge in [-0.15, -0.1) is 6.58 Å². The van der Waals surface area contributed by atoms with Crippen molar-refractivity contribution in [3.05, 3.63) is 12.7 Å². The Morgan fingerprint density at radius 1 is 1.60 bits per heavy atom. The molecule has 5 heteroatoms. The fourth-order valence-electron chi connectivity index (χ4n) is 0.446. The van der Waals surface area contributed by atoms with Crippen LogP contribution in [0.1, 0.15) is 12.8 Å². The van der Waals surface area contributed by atoms with E-state index in [1.165, 1.54) is 0 Å². The summed E-state index contributed by atoms with van der Waals surface area (Å²) in [6.07, 6.45) is 2.50. The van der Waals surface area contributed by atoms with Gasteiger partial charge >= 0.3 is 0 Å². The molecule has 4 N–H and O–H groups in total. The lowest BCUT2D eigenvalue weighted by molar-refractivity contribution is 0.576. The normalized spacial score (nSPS) is 14.6. The maximum Gasteiger partial charge on any atom is 0.224 e. The standard InChI is InChI=1S/C5H12N2O2S/c1-2-3-4-5(6)10(7,8)9/h2,5H,1,3-4,6H2,(H2,7,8,9). The number of sulfonamides is 1. The van der Waals surface area contributed by atoms with Crippen LogP contribution < -0.4 is 10.9 Å². The summed E-state index contributed by atoms with van der Waals surface area (Å²) in [6, 6.07) is 0. The molecular formula is C5H12N2O2S. The van der Waals surface area contributed by atoms with E-state index in [1.54, 1.807) is 6.08 Å². The van der Waals surface area contributed by atoms with Crippen LogP contribution in [0.25, 0.3) is 0 Å². The summed E-state index contributed by atoms with van der Waals surface area (Å²) in [5, 5.41) is 3.78. The zero-order chi connectivity index (χ0) is 8.20. The Bertz CT molecular complexity index is 198. The monoisotopic (exact) mass is 164 g/mol. The summed E-state index contributed by atoms with van der Waals surface area (Å²) in [5.74, 6) is 0. The van der Waals surface area contributed by atoms with Gasteiger partial charge in [0.15, 0.2) is 0 Å². The van der Waals surface area contributed by atoms with Crippen molar-refractivity contribution in [3.63, 3.8) is 0 Å². The van der Waals surface area contributed by atoms with Crippen molar-refractivity contribution in [2.75, 3.05) is 0 Å². The fourth-order valence-corrected chi connectivity index (χ4v) is 0.911. The van der Waals surface area contributed by atoms with Crippen molar-refractivity contribution in [1.82, 2.24) is 0 Å². The molecule has 0 saturated heterocycles. The smallest absolute Gasteiger partial charge is 0.224 e. The van der Waals surface area contributed by atoms with Gasteiger partial charge in [-0.25, -0.2) is 13.6 Å². The number of hydrogen-bond acceptors (Lipinski definition) is 3. The van der Waals surface area contributed by atoms with Crippen LogP contribution >= 0.6 is 0 Å². The highest BCUT2D eigenvalue weighted by Crippen LogP contribution is 1.98. The highest BCUT2D eigenvalue weighted by molar-refractivity contribution is 7.89. The van der Waals surface area contributed by atoms with Gasteiger partial charge in [0, 0.05) is 0 Å². The molecule has 0 aliphatic carbocycles. The zero-order valence-corrected chi connectivity index (χ0v) is 6.47. The summed E-state index contributed by atoms with van der Waals surface area (Å²) in [7, 11) is -3.55. The van der Waals surface area contributed by atoms with E-state index in [0.29, 0.717) is 12.8 Å². The predicted octanol–water partition coefficient (Wildman–Crippen LogP) is -0.474. The highest BCUT2D eigenvalue weighted by Gasteiger charge is 2.13. The maximum absolute atomic E-state index is 10.5. The van der Waals surface area contributed by atoms with E-state index in [9.17, 15) is 8.42 Å². The zero-order valence-electron chi connectivity index (χ0n) is 5.66. The van der Waals surface area contributed by atoms with Crippen LogP contribution in [0.2, 0.25) is 0 Å². The minimum absolute atomic E-state index is 0.336. The lowest BCUT2D eigenvalue weighted by Gasteiger charge is -2.05. The fraction of sp³-hybridized carbons (Fsp3) is 0.600. The van der Waals surface area contributed by atoms with Gasteiger partial charge in [0.05, 0.1) is 0 Å². The Hall–Kier alpha value is -0.390. The summed E-state index contributed by atoms with van der Waals surface area (Å²) >= 11 is 0. The summed E-state index contributed by atoms with van der Waals surface area (Å²) in [6.45, 7) is 3.42. The Morgan fingerprint density at radius 2 is 2.10 bits per heavy atom. The van der Waals surface area contributed by atoms with E-state index in [1.807, 2.05) is 0 Å². The number of hydrogen-bond donors (Lipinski definition) is 2. The van der Waals surface area contributed by atoms with Gasteiger partial charge in [0.1, 0.15) is 5.37 Å². The largest absolute Gasteiger partial charge is 0.314 e. The van der Waals surface area contributed by atoms with Crippen LogP contribution in [-0.2, 0) is 10.0 Å². The maximum atomic E-state index is 10.5. The molecule has 0 spiro atoms. The third-order valence-corrected chi connectivity index (χ3v) is 2.16. The van der Waals surface area contributed by atoms with Crippen molar-refractivity contribution >= 4 is 10.0 Å². The molecule has 60 valence electrons. The lowest BCUT2D eigenvalue weighted by atomic mass is 10.3. The van der Waals surface area contributed by atoms with Gasteiger partial charge in [-0.05, 0) is 12.8 Å². The molecule has 1 unspecified atom stereocenters. The van der Waals surface area contributed by atoms with Crippen molar-refractivity contribution in [1.29, 1.82) is 0 Å². The first kappa shape index (κ1) is 9.61. The Labute approximate surface area is 60.9 Å². The highest BCUT2D eigenvalue weighted by atomic mass is 32.2. The Balaban J connectivity index is 3.86. The van der Waals surface area contributed by atoms with Crippen molar-refractivity contribution in [3.8, 4) is 0 Å². The van der Waals surface area contributed by atoms with Crippen LogP contribution in [-0.4, -0.2) is 13.8 Å². The molecule has 0 radical (unpaired) electrons. The topological polar surface area (TPSA) is 86.2 Å². The van der Waals surface area contributed by atoms with Crippen LogP contribution in [0.15, 0.2) is 12.7 Å². The minimum Gasteiger partial charge on any atom is -0.314 e. The third-order valence-electron chi connectivity index (χ3n) is 1.08. The first-order valence-corrected chi connectivity index (χ1v) is 4.47.